The summed E-state index contributed by atoms with van der Waals surface area (Å²) in [6, 6.07) is 7.83. The number of fused-ring (bicyclic) bond motifs is 1. The molecule has 0 saturated heterocycles. The van der Waals surface area contributed by atoms with Crippen molar-refractivity contribution >= 4 is 28.6 Å². The fraction of sp³-hybridized carbons (Fsp3) is 0.550. The number of benzene rings is 1. The molecule has 1 N–H and O–H groups in total. The third-order valence-electron chi connectivity index (χ3n) is 5.07. The predicted octanol–water partition coefficient (Wildman–Crippen LogP) is 3.91. The summed E-state index contributed by atoms with van der Waals surface area (Å²) in [5.74, 6) is 0.268. The Labute approximate surface area is 158 Å². The minimum atomic E-state index is -0.0121. The van der Waals surface area contributed by atoms with Crippen molar-refractivity contribution in [2.75, 3.05) is 5.75 Å². The number of rotatable bonds is 6. The number of amides is 1. The summed E-state index contributed by atoms with van der Waals surface area (Å²) in [6.07, 6.45) is 6.42. The quantitative estimate of drug-likeness (QED) is 0.616. The van der Waals surface area contributed by atoms with Crippen LogP contribution in [0.5, 0.6) is 0 Å². The molecule has 6 heteroatoms. The fourth-order valence-electron chi connectivity index (χ4n) is 3.44. The molecule has 2 aromatic rings. The van der Waals surface area contributed by atoms with E-state index in [-0.39, 0.29) is 29.3 Å². The van der Waals surface area contributed by atoms with Crippen molar-refractivity contribution in [3.8, 4) is 0 Å². The summed E-state index contributed by atoms with van der Waals surface area (Å²) in [4.78, 5) is 30.0. The smallest absolute Gasteiger partial charge is 0.262 e. The Hall–Kier alpha value is -1.82. The van der Waals surface area contributed by atoms with Crippen molar-refractivity contribution in [2.45, 2.75) is 69.6 Å². The number of aromatic nitrogens is 2. The van der Waals surface area contributed by atoms with Crippen LogP contribution in [0.15, 0.2) is 34.2 Å². The maximum Gasteiger partial charge on any atom is 0.262 e. The average Bonchev–Trinajstić information content (AvgIpc) is 2.67. The van der Waals surface area contributed by atoms with Crippen molar-refractivity contribution < 1.29 is 4.79 Å². The van der Waals surface area contributed by atoms with E-state index >= 15 is 0 Å². The van der Waals surface area contributed by atoms with Crippen LogP contribution in [0.2, 0.25) is 0 Å². The molecule has 1 aliphatic rings. The number of carbonyl (C=O) groups is 1. The third kappa shape index (κ3) is 4.29. The van der Waals surface area contributed by atoms with Gasteiger partial charge in [-0.3, -0.25) is 14.2 Å². The Kier molecular flexibility index (Phi) is 6.35. The van der Waals surface area contributed by atoms with Crippen LogP contribution in [0, 0.1) is 0 Å². The Balaban J connectivity index is 1.91. The SMILES string of the molecule is CC[C@@H](C)NC(=O)CSc1nc2ccccc2c(=O)n1C1CCCCC1. The van der Waals surface area contributed by atoms with Gasteiger partial charge in [0.05, 0.1) is 16.7 Å². The van der Waals surface area contributed by atoms with Gasteiger partial charge in [0, 0.05) is 12.1 Å². The highest BCUT2D eigenvalue weighted by molar-refractivity contribution is 7.99. The molecule has 0 aliphatic heterocycles. The second kappa shape index (κ2) is 8.71. The van der Waals surface area contributed by atoms with E-state index in [1.165, 1.54) is 18.2 Å². The molecule has 1 aliphatic carbocycles. The first-order valence-corrected chi connectivity index (χ1v) is 10.5. The number of hydrogen-bond acceptors (Lipinski definition) is 4. The minimum absolute atomic E-state index is 0.0121. The largest absolute Gasteiger partial charge is 0.353 e. The van der Waals surface area contributed by atoms with Crippen molar-refractivity contribution in [1.29, 1.82) is 0 Å². The van der Waals surface area contributed by atoms with Gasteiger partial charge in [-0.25, -0.2) is 4.98 Å². The van der Waals surface area contributed by atoms with Crippen molar-refractivity contribution in [3.63, 3.8) is 0 Å². The molecule has 1 fully saturated rings. The monoisotopic (exact) mass is 373 g/mol. The van der Waals surface area contributed by atoms with Gasteiger partial charge in [-0.15, -0.1) is 0 Å². The van der Waals surface area contributed by atoms with Crippen LogP contribution >= 0.6 is 11.8 Å². The highest BCUT2D eigenvalue weighted by Crippen LogP contribution is 2.31. The molecule has 1 aromatic carbocycles. The van der Waals surface area contributed by atoms with Gasteiger partial charge in [0.15, 0.2) is 5.16 Å². The Bertz CT molecular complexity index is 827. The van der Waals surface area contributed by atoms with Gasteiger partial charge in [-0.1, -0.05) is 50.1 Å². The van der Waals surface area contributed by atoms with Crippen molar-refractivity contribution in [2.24, 2.45) is 0 Å². The second-order valence-electron chi connectivity index (χ2n) is 7.04. The standard InChI is InChI=1S/C20H27N3O2S/c1-3-14(2)21-18(24)13-26-20-22-17-12-8-7-11-16(17)19(25)23(20)15-9-5-4-6-10-15/h7-8,11-12,14-15H,3-6,9-10,13H2,1-2H3,(H,21,24)/t14-/m1/s1. The molecule has 1 aromatic heterocycles. The zero-order chi connectivity index (χ0) is 18.5. The number of para-hydroxylation sites is 1. The highest BCUT2D eigenvalue weighted by atomic mass is 32.2. The van der Waals surface area contributed by atoms with Crippen LogP contribution in [0.1, 0.15) is 58.4 Å². The van der Waals surface area contributed by atoms with Gasteiger partial charge in [-0.05, 0) is 38.3 Å². The van der Waals surface area contributed by atoms with Crippen LogP contribution < -0.4 is 10.9 Å². The maximum absolute atomic E-state index is 13.1. The fourth-order valence-corrected chi connectivity index (χ4v) is 4.31. The average molecular weight is 374 g/mol. The van der Waals surface area contributed by atoms with Gasteiger partial charge >= 0.3 is 0 Å². The van der Waals surface area contributed by atoms with Gasteiger partial charge in [-0.2, -0.15) is 0 Å². The lowest BCUT2D eigenvalue weighted by atomic mass is 9.95. The van der Waals surface area contributed by atoms with Crippen LogP contribution in [0.3, 0.4) is 0 Å². The molecular formula is C20H27N3O2S. The zero-order valence-corrected chi connectivity index (χ0v) is 16.3. The molecular weight excluding hydrogens is 346 g/mol. The molecule has 26 heavy (non-hydrogen) atoms. The Morgan fingerprint density at radius 1 is 1.31 bits per heavy atom. The van der Waals surface area contributed by atoms with Crippen molar-refractivity contribution in [3.05, 3.63) is 34.6 Å². The van der Waals surface area contributed by atoms with Crippen molar-refractivity contribution in [1.82, 2.24) is 14.9 Å². The maximum atomic E-state index is 13.1. The number of carbonyl (C=O) groups excluding carboxylic acids is 1. The first-order chi connectivity index (χ1) is 12.6. The molecule has 1 atom stereocenters. The van der Waals surface area contributed by atoms with E-state index in [2.05, 4.69) is 5.32 Å². The van der Waals surface area contributed by atoms with E-state index < -0.39 is 0 Å². The first kappa shape index (κ1) is 19.0. The van der Waals surface area contributed by atoms with E-state index in [1.54, 1.807) is 0 Å². The highest BCUT2D eigenvalue weighted by Gasteiger charge is 2.22. The van der Waals surface area contributed by atoms with Crippen LogP contribution in [0.25, 0.3) is 10.9 Å². The normalized spacial score (nSPS) is 16.5. The molecule has 140 valence electrons. The summed E-state index contributed by atoms with van der Waals surface area (Å²) in [6.45, 7) is 4.04. The molecule has 0 unspecified atom stereocenters. The van der Waals surface area contributed by atoms with E-state index in [0.29, 0.717) is 16.1 Å². The summed E-state index contributed by atoms with van der Waals surface area (Å²) >= 11 is 1.37. The van der Waals surface area contributed by atoms with Gasteiger partial charge in [0.2, 0.25) is 5.91 Å². The summed E-state index contributed by atoms with van der Waals surface area (Å²) in [7, 11) is 0. The molecule has 0 radical (unpaired) electrons. The molecule has 0 spiro atoms. The van der Waals surface area contributed by atoms with E-state index in [9.17, 15) is 9.59 Å². The van der Waals surface area contributed by atoms with Gasteiger partial charge in [0.25, 0.3) is 5.56 Å². The van der Waals surface area contributed by atoms with E-state index in [4.69, 9.17) is 4.98 Å². The number of hydrogen-bond donors (Lipinski definition) is 1. The Morgan fingerprint density at radius 3 is 2.77 bits per heavy atom. The molecule has 1 heterocycles. The third-order valence-corrected chi connectivity index (χ3v) is 6.02. The lowest BCUT2D eigenvalue weighted by Gasteiger charge is -2.26. The summed E-state index contributed by atoms with van der Waals surface area (Å²) in [5.41, 5.74) is 0.724. The molecule has 0 bridgehead atoms. The van der Waals surface area contributed by atoms with E-state index in [0.717, 1.165) is 32.1 Å². The topological polar surface area (TPSA) is 64.0 Å². The molecule has 1 amide bonds. The summed E-state index contributed by atoms with van der Waals surface area (Å²) < 4.78 is 1.85. The molecule has 5 nitrogen and oxygen atoms in total. The van der Waals surface area contributed by atoms with Crippen LogP contribution in [-0.2, 0) is 4.79 Å². The van der Waals surface area contributed by atoms with Crippen LogP contribution in [-0.4, -0.2) is 27.3 Å². The van der Waals surface area contributed by atoms with E-state index in [1.807, 2.05) is 42.7 Å². The number of thioether (sulfide) groups is 1. The van der Waals surface area contributed by atoms with Gasteiger partial charge < -0.3 is 5.32 Å². The number of nitrogens with one attached hydrogen (secondary N) is 1. The van der Waals surface area contributed by atoms with Crippen LogP contribution in [0.4, 0.5) is 0 Å². The lowest BCUT2D eigenvalue weighted by Crippen LogP contribution is -2.34. The molecule has 3 rings (SSSR count). The lowest BCUT2D eigenvalue weighted by molar-refractivity contribution is -0.119. The summed E-state index contributed by atoms with van der Waals surface area (Å²) in [5, 5.41) is 4.30. The van der Waals surface area contributed by atoms with Gasteiger partial charge in [0.1, 0.15) is 0 Å². The second-order valence-corrected chi connectivity index (χ2v) is 7.99. The minimum Gasteiger partial charge on any atom is -0.353 e. The first-order valence-electron chi connectivity index (χ1n) is 9.53. The molecule has 1 saturated carbocycles. The predicted molar refractivity (Wildman–Crippen MR) is 107 cm³/mol. The zero-order valence-electron chi connectivity index (χ0n) is 15.5. The Morgan fingerprint density at radius 2 is 2.04 bits per heavy atom. The number of nitrogens with zero attached hydrogens (tertiary/aromatic N) is 2.